The minimum atomic E-state index is -0.212. The number of anilines is 2. The van der Waals surface area contributed by atoms with Gasteiger partial charge in [-0.1, -0.05) is 30.0 Å². The van der Waals surface area contributed by atoms with Crippen LogP contribution in [0.2, 0.25) is 0 Å². The molecule has 1 unspecified atom stereocenters. The van der Waals surface area contributed by atoms with Crippen molar-refractivity contribution < 1.29 is 9.15 Å². The Morgan fingerprint density at radius 3 is 2.75 bits per heavy atom. The molecule has 3 heterocycles. The van der Waals surface area contributed by atoms with Gasteiger partial charge in [0, 0.05) is 5.56 Å². The zero-order chi connectivity index (χ0) is 16.7. The van der Waals surface area contributed by atoms with Crippen molar-refractivity contribution in [1.29, 1.82) is 5.26 Å². The van der Waals surface area contributed by atoms with Gasteiger partial charge in [-0.2, -0.15) is 10.2 Å². The highest BCUT2D eigenvalue weighted by Gasteiger charge is 2.33. The first-order valence-corrected chi connectivity index (χ1v) is 8.03. The SMILES string of the molecule is N#Cc1c(N)nc2c(c1N)C(Sc1ccco1)c1ccccc1O2. The topological polar surface area (TPSA) is 111 Å². The van der Waals surface area contributed by atoms with Gasteiger partial charge in [-0.05, 0) is 18.2 Å². The van der Waals surface area contributed by atoms with Gasteiger partial charge >= 0.3 is 0 Å². The second-order valence-electron chi connectivity index (χ2n) is 5.19. The Bertz CT molecular complexity index is 963. The molecule has 4 N–H and O–H groups in total. The van der Waals surface area contributed by atoms with Crippen LogP contribution in [-0.2, 0) is 0 Å². The van der Waals surface area contributed by atoms with Gasteiger partial charge in [0.15, 0.2) is 5.09 Å². The molecule has 3 aromatic rings. The molecule has 24 heavy (non-hydrogen) atoms. The van der Waals surface area contributed by atoms with Crippen LogP contribution in [0.4, 0.5) is 11.5 Å². The summed E-state index contributed by atoms with van der Waals surface area (Å²) in [5.41, 5.74) is 14.1. The summed E-state index contributed by atoms with van der Waals surface area (Å²) < 4.78 is 11.3. The Morgan fingerprint density at radius 2 is 2.00 bits per heavy atom. The van der Waals surface area contributed by atoms with Crippen LogP contribution in [0.5, 0.6) is 11.6 Å². The average Bonchev–Trinajstić information content (AvgIpc) is 3.08. The van der Waals surface area contributed by atoms with Crippen molar-refractivity contribution in [3.63, 3.8) is 0 Å². The summed E-state index contributed by atoms with van der Waals surface area (Å²) in [6.07, 6.45) is 1.61. The number of benzene rings is 1. The van der Waals surface area contributed by atoms with Gasteiger partial charge in [0.05, 0.1) is 22.8 Å². The van der Waals surface area contributed by atoms with E-state index < -0.39 is 0 Å². The highest BCUT2D eigenvalue weighted by atomic mass is 32.2. The molecule has 0 saturated heterocycles. The number of pyridine rings is 1. The number of ether oxygens (including phenoxy) is 1. The molecule has 2 aromatic heterocycles. The Balaban J connectivity index is 1.94. The molecule has 7 heteroatoms. The van der Waals surface area contributed by atoms with E-state index in [9.17, 15) is 5.26 Å². The zero-order valence-electron chi connectivity index (χ0n) is 12.4. The number of aromatic nitrogens is 1. The number of furan rings is 1. The van der Waals surface area contributed by atoms with E-state index in [2.05, 4.69) is 4.98 Å². The second-order valence-corrected chi connectivity index (χ2v) is 6.30. The van der Waals surface area contributed by atoms with E-state index in [1.54, 1.807) is 6.26 Å². The zero-order valence-corrected chi connectivity index (χ0v) is 13.2. The van der Waals surface area contributed by atoms with Crippen molar-refractivity contribution in [3.05, 3.63) is 59.4 Å². The average molecular weight is 336 g/mol. The van der Waals surface area contributed by atoms with Gasteiger partial charge in [-0.15, -0.1) is 0 Å². The normalized spacial score (nSPS) is 15.0. The summed E-state index contributed by atoms with van der Waals surface area (Å²) in [7, 11) is 0. The van der Waals surface area contributed by atoms with E-state index in [1.165, 1.54) is 11.8 Å². The molecule has 4 rings (SSSR count). The maximum Gasteiger partial charge on any atom is 0.228 e. The predicted octanol–water partition coefficient (Wildman–Crippen LogP) is 3.70. The first kappa shape index (κ1) is 14.5. The summed E-state index contributed by atoms with van der Waals surface area (Å²) in [4.78, 5) is 4.23. The molecule has 1 aliphatic rings. The molecular weight excluding hydrogens is 324 g/mol. The molecule has 0 fully saturated rings. The maximum atomic E-state index is 9.32. The lowest BCUT2D eigenvalue weighted by atomic mass is 9.98. The third-order valence-electron chi connectivity index (χ3n) is 3.78. The minimum absolute atomic E-state index is 0.0647. The van der Waals surface area contributed by atoms with Gasteiger partial charge in [0.1, 0.15) is 23.2 Å². The number of nitriles is 1. The fraction of sp³-hybridized carbons (Fsp3) is 0.0588. The summed E-state index contributed by atoms with van der Waals surface area (Å²) in [5, 5.41) is 9.84. The molecular formula is C17H12N4O2S. The van der Waals surface area contributed by atoms with Gasteiger partial charge in [-0.25, -0.2) is 0 Å². The van der Waals surface area contributed by atoms with Crippen molar-refractivity contribution in [3.8, 4) is 17.7 Å². The lowest BCUT2D eigenvalue weighted by Gasteiger charge is -2.28. The van der Waals surface area contributed by atoms with Crippen LogP contribution in [0.15, 0.2) is 52.2 Å². The van der Waals surface area contributed by atoms with Crippen LogP contribution >= 0.6 is 11.8 Å². The van der Waals surface area contributed by atoms with E-state index in [1.807, 2.05) is 42.5 Å². The van der Waals surface area contributed by atoms with Crippen LogP contribution in [0, 0.1) is 11.3 Å². The smallest absolute Gasteiger partial charge is 0.228 e. The number of nitrogens with zero attached hydrogens (tertiary/aromatic N) is 2. The standard InChI is InChI=1S/C17H12N4O2S/c18-8-10-14(19)13-15(24-12-6-3-7-22-12)9-4-1-2-5-11(9)23-17(13)21-16(10)20/h1-7,15H,(H4,19,20,21). The van der Waals surface area contributed by atoms with Crippen molar-refractivity contribution in [2.24, 2.45) is 0 Å². The fourth-order valence-corrected chi connectivity index (χ4v) is 3.85. The van der Waals surface area contributed by atoms with Crippen LogP contribution in [0.1, 0.15) is 21.9 Å². The number of hydrogen-bond donors (Lipinski definition) is 2. The Labute approximate surface area is 142 Å². The molecule has 6 nitrogen and oxygen atoms in total. The van der Waals surface area contributed by atoms with E-state index >= 15 is 0 Å². The Hall–Kier alpha value is -3.11. The van der Waals surface area contributed by atoms with Gasteiger partial charge in [-0.3, -0.25) is 0 Å². The lowest BCUT2D eigenvalue weighted by Crippen LogP contribution is -2.14. The van der Waals surface area contributed by atoms with Crippen molar-refractivity contribution in [2.45, 2.75) is 10.3 Å². The molecule has 1 aromatic carbocycles. The number of hydrogen-bond acceptors (Lipinski definition) is 7. The van der Waals surface area contributed by atoms with Gasteiger partial charge < -0.3 is 20.6 Å². The van der Waals surface area contributed by atoms with E-state index in [4.69, 9.17) is 20.6 Å². The molecule has 1 aliphatic heterocycles. The van der Waals surface area contributed by atoms with Crippen LogP contribution in [0.3, 0.4) is 0 Å². The molecule has 0 saturated carbocycles. The van der Waals surface area contributed by atoms with Crippen molar-refractivity contribution in [2.75, 3.05) is 11.5 Å². The molecule has 0 spiro atoms. The van der Waals surface area contributed by atoms with Crippen LogP contribution in [-0.4, -0.2) is 4.98 Å². The summed E-state index contributed by atoms with van der Waals surface area (Å²) in [6, 6.07) is 13.3. The van der Waals surface area contributed by atoms with Crippen LogP contribution in [0.25, 0.3) is 0 Å². The summed E-state index contributed by atoms with van der Waals surface area (Å²) in [5.74, 6) is 1.08. The van der Waals surface area contributed by atoms with E-state index in [-0.39, 0.29) is 16.6 Å². The molecule has 0 aliphatic carbocycles. The van der Waals surface area contributed by atoms with Gasteiger partial charge in [0.2, 0.25) is 5.88 Å². The fourth-order valence-electron chi connectivity index (χ4n) is 2.68. The van der Waals surface area contributed by atoms with E-state index in [0.29, 0.717) is 22.9 Å². The number of thioether (sulfide) groups is 1. The minimum Gasteiger partial charge on any atom is -0.458 e. The monoisotopic (exact) mass is 336 g/mol. The lowest BCUT2D eigenvalue weighted by molar-refractivity contribution is 0.439. The number of fused-ring (bicyclic) bond motifs is 2. The number of nitrogen functional groups attached to an aromatic ring is 2. The summed E-state index contributed by atoms with van der Waals surface area (Å²) >= 11 is 1.48. The Morgan fingerprint density at radius 1 is 1.17 bits per heavy atom. The molecule has 0 amide bonds. The van der Waals surface area contributed by atoms with E-state index in [0.717, 1.165) is 10.7 Å². The number of nitrogens with two attached hydrogens (primary N) is 2. The Kier molecular flexibility index (Phi) is 3.32. The molecule has 118 valence electrons. The number of rotatable bonds is 2. The summed E-state index contributed by atoms with van der Waals surface area (Å²) in [6.45, 7) is 0. The largest absolute Gasteiger partial charge is 0.458 e. The highest BCUT2D eigenvalue weighted by molar-refractivity contribution is 7.99. The van der Waals surface area contributed by atoms with Gasteiger partial charge in [0.25, 0.3) is 0 Å². The number of para-hydroxylation sites is 1. The van der Waals surface area contributed by atoms with Crippen LogP contribution < -0.4 is 16.2 Å². The third kappa shape index (κ3) is 2.16. The highest BCUT2D eigenvalue weighted by Crippen LogP contribution is 2.53. The first-order chi connectivity index (χ1) is 11.7. The quantitative estimate of drug-likeness (QED) is 0.734. The van der Waals surface area contributed by atoms with Crippen molar-refractivity contribution in [1.82, 2.24) is 4.98 Å². The maximum absolute atomic E-state index is 9.32. The molecule has 1 atom stereocenters. The van der Waals surface area contributed by atoms with Crippen molar-refractivity contribution >= 4 is 23.3 Å². The third-order valence-corrected chi connectivity index (χ3v) is 4.97. The second kappa shape index (κ2) is 5.51. The first-order valence-electron chi connectivity index (χ1n) is 7.15. The predicted molar refractivity (Wildman–Crippen MR) is 90.7 cm³/mol. The molecule has 0 bridgehead atoms. The molecule has 0 radical (unpaired) electrons.